The molecule has 0 spiro atoms. The van der Waals surface area contributed by atoms with Crippen molar-refractivity contribution in [2.24, 2.45) is 5.92 Å². The molecule has 0 bridgehead atoms. The average molecular weight is 276 g/mol. The van der Waals surface area contributed by atoms with E-state index in [0.29, 0.717) is 5.75 Å². The quantitative estimate of drug-likeness (QED) is 0.484. The van der Waals surface area contributed by atoms with Gasteiger partial charge in [-0.2, -0.15) is 0 Å². The van der Waals surface area contributed by atoms with Gasteiger partial charge in [0.2, 0.25) is 0 Å². The van der Waals surface area contributed by atoms with E-state index in [2.05, 4.69) is 18.1 Å². The zero-order valence-electron chi connectivity index (χ0n) is 11.7. The van der Waals surface area contributed by atoms with E-state index in [4.69, 9.17) is 11.2 Å². The molecule has 0 aromatic heterocycles. The largest absolute Gasteiger partial charge is 0.426 e. The number of benzene rings is 2. The first-order chi connectivity index (χ1) is 10.3. The molecule has 1 saturated carbocycles. The summed E-state index contributed by atoms with van der Waals surface area (Å²) in [4.78, 5) is 12.3. The van der Waals surface area contributed by atoms with Crippen molar-refractivity contribution in [3.63, 3.8) is 0 Å². The van der Waals surface area contributed by atoms with E-state index in [0.717, 1.165) is 18.4 Å². The lowest BCUT2D eigenvalue weighted by Crippen LogP contribution is -2.34. The second-order valence-corrected chi connectivity index (χ2v) is 5.29. The Balaban J connectivity index is 1.67. The number of carbonyl (C=O) groups is 1. The minimum Gasteiger partial charge on any atom is -0.426 e. The first-order valence-electron chi connectivity index (χ1n) is 7.11. The summed E-state index contributed by atoms with van der Waals surface area (Å²) in [6.07, 6.45) is 7.24. The molecule has 104 valence electrons. The SMILES string of the molecule is C#Cc1ccc(OC(=O)C2CCC2c2ccccc2)cc1. The molecule has 1 aliphatic rings. The Bertz CT molecular complexity index is 665. The lowest BCUT2D eigenvalue weighted by atomic mass is 9.70. The van der Waals surface area contributed by atoms with Crippen LogP contribution in [-0.2, 0) is 4.79 Å². The van der Waals surface area contributed by atoms with Gasteiger partial charge in [-0.15, -0.1) is 6.42 Å². The number of hydrogen-bond donors (Lipinski definition) is 0. The van der Waals surface area contributed by atoms with Crippen molar-refractivity contribution in [2.75, 3.05) is 0 Å². The molecular formula is C19H16O2. The van der Waals surface area contributed by atoms with Crippen LogP contribution in [0.2, 0.25) is 0 Å². The number of ether oxygens (including phenoxy) is 1. The number of carbonyl (C=O) groups excluding carboxylic acids is 1. The molecule has 0 heterocycles. The highest BCUT2D eigenvalue weighted by Crippen LogP contribution is 2.43. The topological polar surface area (TPSA) is 26.3 Å². The molecule has 1 aliphatic carbocycles. The average Bonchev–Trinajstić information content (AvgIpc) is 2.48. The smallest absolute Gasteiger partial charge is 0.314 e. The van der Waals surface area contributed by atoms with E-state index < -0.39 is 0 Å². The fourth-order valence-electron chi connectivity index (χ4n) is 2.69. The molecule has 1 fully saturated rings. The second-order valence-electron chi connectivity index (χ2n) is 5.29. The van der Waals surface area contributed by atoms with Crippen LogP contribution in [0.25, 0.3) is 0 Å². The van der Waals surface area contributed by atoms with Crippen LogP contribution in [0.15, 0.2) is 54.6 Å². The van der Waals surface area contributed by atoms with Gasteiger partial charge in [0.1, 0.15) is 5.75 Å². The predicted octanol–water partition coefficient (Wildman–Crippen LogP) is 3.77. The van der Waals surface area contributed by atoms with Gasteiger partial charge in [-0.3, -0.25) is 4.79 Å². The first kappa shape index (κ1) is 13.5. The minimum absolute atomic E-state index is 0.0419. The van der Waals surface area contributed by atoms with E-state index in [9.17, 15) is 4.79 Å². The summed E-state index contributed by atoms with van der Waals surface area (Å²) in [6.45, 7) is 0. The molecule has 0 amide bonds. The molecule has 21 heavy (non-hydrogen) atoms. The van der Waals surface area contributed by atoms with Gasteiger partial charge in [-0.25, -0.2) is 0 Å². The van der Waals surface area contributed by atoms with Crippen molar-refractivity contribution in [1.82, 2.24) is 0 Å². The van der Waals surface area contributed by atoms with E-state index in [1.54, 1.807) is 24.3 Å². The summed E-state index contributed by atoms with van der Waals surface area (Å²) in [6, 6.07) is 17.2. The Morgan fingerprint density at radius 3 is 2.33 bits per heavy atom. The second kappa shape index (κ2) is 5.85. The lowest BCUT2D eigenvalue weighted by molar-refractivity contribution is -0.142. The van der Waals surface area contributed by atoms with Crippen LogP contribution in [-0.4, -0.2) is 5.97 Å². The van der Waals surface area contributed by atoms with Crippen LogP contribution >= 0.6 is 0 Å². The van der Waals surface area contributed by atoms with Crippen molar-refractivity contribution in [1.29, 1.82) is 0 Å². The number of esters is 1. The summed E-state index contributed by atoms with van der Waals surface area (Å²) in [5.74, 6) is 3.18. The maximum atomic E-state index is 12.3. The normalized spacial score (nSPS) is 20.1. The molecule has 2 atom stereocenters. The van der Waals surface area contributed by atoms with Gasteiger partial charge in [0.05, 0.1) is 5.92 Å². The Morgan fingerprint density at radius 1 is 1.05 bits per heavy atom. The van der Waals surface area contributed by atoms with E-state index in [1.165, 1.54) is 5.56 Å². The van der Waals surface area contributed by atoms with E-state index in [1.807, 2.05) is 18.2 Å². The summed E-state index contributed by atoms with van der Waals surface area (Å²) < 4.78 is 5.46. The highest BCUT2D eigenvalue weighted by Gasteiger charge is 2.38. The number of hydrogen-bond acceptors (Lipinski definition) is 2. The van der Waals surface area contributed by atoms with Crippen molar-refractivity contribution in [3.8, 4) is 18.1 Å². The highest BCUT2D eigenvalue weighted by molar-refractivity contribution is 5.77. The zero-order chi connectivity index (χ0) is 14.7. The molecule has 0 N–H and O–H groups in total. The third-order valence-corrected chi connectivity index (χ3v) is 4.04. The molecule has 0 aliphatic heterocycles. The predicted molar refractivity (Wildman–Crippen MR) is 81.9 cm³/mol. The standard InChI is InChI=1S/C19H16O2/c1-2-14-8-10-16(11-9-14)21-19(20)18-13-12-17(18)15-6-4-3-5-7-15/h1,3-11,17-18H,12-13H2. The van der Waals surface area contributed by atoms with E-state index in [-0.39, 0.29) is 17.8 Å². The Morgan fingerprint density at radius 2 is 1.76 bits per heavy atom. The third-order valence-electron chi connectivity index (χ3n) is 4.04. The van der Waals surface area contributed by atoms with Crippen LogP contribution in [0, 0.1) is 18.3 Å². The van der Waals surface area contributed by atoms with Gasteiger partial charge in [0, 0.05) is 5.56 Å². The van der Waals surface area contributed by atoms with Gasteiger partial charge in [-0.05, 0) is 48.6 Å². The number of terminal acetylenes is 1. The van der Waals surface area contributed by atoms with Crippen molar-refractivity contribution >= 4 is 5.97 Å². The van der Waals surface area contributed by atoms with Gasteiger partial charge in [0.25, 0.3) is 0 Å². The van der Waals surface area contributed by atoms with Crippen molar-refractivity contribution in [3.05, 3.63) is 65.7 Å². The molecule has 2 nitrogen and oxygen atoms in total. The Labute approximate surface area is 124 Å². The van der Waals surface area contributed by atoms with Crippen LogP contribution in [0.4, 0.5) is 0 Å². The van der Waals surface area contributed by atoms with Gasteiger partial charge >= 0.3 is 5.97 Å². The third kappa shape index (κ3) is 2.83. The zero-order valence-corrected chi connectivity index (χ0v) is 11.7. The maximum Gasteiger partial charge on any atom is 0.314 e. The summed E-state index contributed by atoms with van der Waals surface area (Å²) in [5, 5.41) is 0. The fraction of sp³-hybridized carbons (Fsp3) is 0.211. The van der Waals surface area contributed by atoms with Crippen molar-refractivity contribution in [2.45, 2.75) is 18.8 Å². The van der Waals surface area contributed by atoms with Crippen LogP contribution < -0.4 is 4.74 Å². The molecule has 2 aromatic carbocycles. The van der Waals surface area contributed by atoms with E-state index >= 15 is 0 Å². The Hall–Kier alpha value is -2.53. The fourth-order valence-corrected chi connectivity index (χ4v) is 2.69. The van der Waals surface area contributed by atoms with Gasteiger partial charge < -0.3 is 4.74 Å². The molecule has 2 aromatic rings. The molecule has 0 radical (unpaired) electrons. The minimum atomic E-state index is -0.149. The van der Waals surface area contributed by atoms with Crippen LogP contribution in [0.3, 0.4) is 0 Å². The number of rotatable bonds is 3. The summed E-state index contributed by atoms with van der Waals surface area (Å²) >= 11 is 0. The lowest BCUT2D eigenvalue weighted by Gasteiger charge is -2.34. The van der Waals surface area contributed by atoms with Gasteiger partial charge in [-0.1, -0.05) is 36.3 Å². The van der Waals surface area contributed by atoms with Crippen LogP contribution in [0.1, 0.15) is 29.9 Å². The van der Waals surface area contributed by atoms with Gasteiger partial charge in [0.15, 0.2) is 0 Å². The van der Waals surface area contributed by atoms with Crippen LogP contribution in [0.5, 0.6) is 5.75 Å². The highest BCUT2D eigenvalue weighted by atomic mass is 16.5. The summed E-state index contributed by atoms with van der Waals surface area (Å²) in [7, 11) is 0. The molecule has 0 saturated heterocycles. The first-order valence-corrected chi connectivity index (χ1v) is 7.11. The van der Waals surface area contributed by atoms with Crippen molar-refractivity contribution < 1.29 is 9.53 Å². The Kier molecular flexibility index (Phi) is 3.75. The maximum absolute atomic E-state index is 12.3. The summed E-state index contributed by atoms with van der Waals surface area (Å²) in [5.41, 5.74) is 1.99. The molecular weight excluding hydrogens is 260 g/mol. The molecule has 2 unspecified atom stereocenters. The molecule has 2 heteroatoms. The monoisotopic (exact) mass is 276 g/mol. The molecule has 3 rings (SSSR count).